The van der Waals surface area contributed by atoms with E-state index in [2.05, 4.69) is 10.4 Å². The van der Waals surface area contributed by atoms with E-state index in [1.54, 1.807) is 4.68 Å². The van der Waals surface area contributed by atoms with Gasteiger partial charge in [0.1, 0.15) is 5.82 Å². The number of nitrogens with zero attached hydrogens (tertiary/aromatic N) is 3. The third-order valence-corrected chi connectivity index (χ3v) is 3.36. The minimum atomic E-state index is 0.220. The number of aromatic nitrogens is 2. The number of carbonyl (C=O) groups excluding carboxylic acids is 1. The highest BCUT2D eigenvalue weighted by molar-refractivity contribution is 5.77. The Bertz CT molecular complexity index is 434. The molecule has 0 saturated carbocycles. The lowest BCUT2D eigenvalue weighted by molar-refractivity contribution is -0.129. The third kappa shape index (κ3) is 2.57. The lowest BCUT2D eigenvalue weighted by Crippen LogP contribution is -2.29. The van der Waals surface area contributed by atoms with Gasteiger partial charge in [-0.15, -0.1) is 0 Å². The summed E-state index contributed by atoms with van der Waals surface area (Å²) in [4.78, 5) is 13.8. The highest BCUT2D eigenvalue weighted by Crippen LogP contribution is 2.20. The minimum Gasteiger partial charge on any atom is -0.394 e. The van der Waals surface area contributed by atoms with Crippen LogP contribution in [0.2, 0.25) is 0 Å². The van der Waals surface area contributed by atoms with E-state index in [-0.39, 0.29) is 5.91 Å². The Morgan fingerprint density at radius 1 is 1.44 bits per heavy atom. The van der Waals surface area contributed by atoms with E-state index in [1.807, 2.05) is 18.9 Å². The second-order valence-corrected chi connectivity index (χ2v) is 4.74. The van der Waals surface area contributed by atoms with Gasteiger partial charge in [0.15, 0.2) is 0 Å². The first kappa shape index (κ1) is 12.7. The molecule has 0 atom stereocenters. The Morgan fingerprint density at radius 2 is 2.11 bits per heavy atom. The van der Waals surface area contributed by atoms with Crippen molar-refractivity contribution in [2.75, 3.05) is 30.7 Å². The molecule has 0 bridgehead atoms. The van der Waals surface area contributed by atoms with Gasteiger partial charge < -0.3 is 16.0 Å². The Balaban J connectivity index is 1.83. The van der Waals surface area contributed by atoms with E-state index >= 15 is 0 Å². The van der Waals surface area contributed by atoms with Crippen molar-refractivity contribution >= 4 is 17.4 Å². The molecule has 2 rings (SSSR count). The molecule has 1 fully saturated rings. The molecule has 100 valence electrons. The van der Waals surface area contributed by atoms with Gasteiger partial charge in [0.05, 0.1) is 11.4 Å². The van der Waals surface area contributed by atoms with Crippen LogP contribution in [0.25, 0.3) is 0 Å². The average molecular weight is 251 g/mol. The van der Waals surface area contributed by atoms with Crippen molar-refractivity contribution in [1.82, 2.24) is 14.7 Å². The summed E-state index contributed by atoms with van der Waals surface area (Å²) < 4.78 is 1.71. The highest BCUT2D eigenvalue weighted by atomic mass is 16.2. The number of carbonyl (C=O) groups is 1. The number of hydrogen-bond donors (Lipinski definition) is 2. The van der Waals surface area contributed by atoms with Gasteiger partial charge in [-0.2, -0.15) is 5.10 Å². The summed E-state index contributed by atoms with van der Waals surface area (Å²) in [5, 5.41) is 7.40. The summed E-state index contributed by atoms with van der Waals surface area (Å²) in [6.45, 7) is 4.28. The third-order valence-electron chi connectivity index (χ3n) is 3.36. The molecule has 0 spiro atoms. The molecule has 0 radical (unpaired) electrons. The van der Waals surface area contributed by atoms with Crippen LogP contribution in [0.15, 0.2) is 0 Å². The van der Waals surface area contributed by atoms with Crippen molar-refractivity contribution in [3.8, 4) is 0 Å². The Hall–Kier alpha value is -1.72. The topological polar surface area (TPSA) is 76.2 Å². The summed E-state index contributed by atoms with van der Waals surface area (Å²) in [5.41, 5.74) is 7.37. The highest BCUT2D eigenvalue weighted by Gasteiger charge is 2.17. The quantitative estimate of drug-likeness (QED) is 0.827. The maximum absolute atomic E-state index is 11.8. The first-order chi connectivity index (χ1) is 8.59. The monoisotopic (exact) mass is 251 g/mol. The van der Waals surface area contributed by atoms with E-state index in [9.17, 15) is 4.79 Å². The van der Waals surface area contributed by atoms with Crippen molar-refractivity contribution in [2.45, 2.75) is 26.2 Å². The molecule has 6 nitrogen and oxygen atoms in total. The van der Waals surface area contributed by atoms with Crippen molar-refractivity contribution < 1.29 is 4.79 Å². The number of nitrogens with two attached hydrogens (primary N) is 1. The predicted octanol–water partition coefficient (Wildman–Crippen LogP) is 0.735. The summed E-state index contributed by atoms with van der Waals surface area (Å²) in [7, 11) is 1.84. The fourth-order valence-corrected chi connectivity index (χ4v) is 2.30. The summed E-state index contributed by atoms with van der Waals surface area (Å²) in [6, 6.07) is 0. The van der Waals surface area contributed by atoms with Crippen LogP contribution in [-0.2, 0) is 11.8 Å². The normalized spacial score (nSPS) is 15.1. The smallest absolute Gasteiger partial charge is 0.224 e. The molecule has 3 N–H and O–H groups in total. The van der Waals surface area contributed by atoms with Crippen LogP contribution in [0.5, 0.6) is 0 Å². The van der Waals surface area contributed by atoms with Crippen LogP contribution in [0.1, 0.15) is 25.0 Å². The Labute approximate surface area is 107 Å². The van der Waals surface area contributed by atoms with Crippen LogP contribution in [0.3, 0.4) is 0 Å². The fourth-order valence-electron chi connectivity index (χ4n) is 2.30. The van der Waals surface area contributed by atoms with Crippen molar-refractivity contribution in [2.24, 2.45) is 7.05 Å². The molecule has 6 heteroatoms. The molecular formula is C12H21N5O. The first-order valence-electron chi connectivity index (χ1n) is 6.40. The summed E-state index contributed by atoms with van der Waals surface area (Å²) >= 11 is 0. The zero-order valence-corrected chi connectivity index (χ0v) is 11.1. The summed E-state index contributed by atoms with van der Waals surface area (Å²) in [5.74, 6) is 1.01. The number of amides is 1. The van der Waals surface area contributed by atoms with Crippen LogP contribution < -0.4 is 11.1 Å². The SMILES string of the molecule is Cc1nn(C)c(NCCC(=O)N2CCCC2)c1N. The van der Waals surface area contributed by atoms with Crippen molar-refractivity contribution in [3.05, 3.63) is 5.69 Å². The van der Waals surface area contributed by atoms with Gasteiger partial charge >= 0.3 is 0 Å². The fraction of sp³-hybridized carbons (Fsp3) is 0.667. The largest absolute Gasteiger partial charge is 0.394 e. The standard InChI is InChI=1S/C12H21N5O/c1-9-11(13)12(16(2)15-9)14-6-5-10(18)17-7-3-4-8-17/h14H,3-8,13H2,1-2H3. The molecule has 0 aromatic carbocycles. The van der Waals surface area contributed by atoms with Crippen LogP contribution in [0, 0.1) is 6.92 Å². The molecule has 1 amide bonds. The van der Waals surface area contributed by atoms with Crippen LogP contribution in [-0.4, -0.2) is 40.2 Å². The average Bonchev–Trinajstić information content (AvgIpc) is 2.93. The van der Waals surface area contributed by atoms with Crippen molar-refractivity contribution in [3.63, 3.8) is 0 Å². The Morgan fingerprint density at radius 3 is 2.67 bits per heavy atom. The number of anilines is 2. The number of rotatable bonds is 4. The second kappa shape index (κ2) is 5.29. The molecule has 1 aromatic heterocycles. The van der Waals surface area contributed by atoms with Gasteiger partial charge in [-0.3, -0.25) is 9.48 Å². The maximum atomic E-state index is 11.8. The van der Waals surface area contributed by atoms with E-state index in [0.717, 1.165) is 37.4 Å². The lowest BCUT2D eigenvalue weighted by Gasteiger charge is -2.15. The van der Waals surface area contributed by atoms with E-state index < -0.39 is 0 Å². The Kier molecular flexibility index (Phi) is 3.74. The van der Waals surface area contributed by atoms with Crippen LogP contribution >= 0.6 is 0 Å². The number of likely N-dealkylation sites (tertiary alicyclic amines) is 1. The van der Waals surface area contributed by atoms with Crippen LogP contribution in [0.4, 0.5) is 11.5 Å². The molecule has 1 aromatic rings. The molecule has 2 heterocycles. The first-order valence-corrected chi connectivity index (χ1v) is 6.40. The van der Waals surface area contributed by atoms with Gasteiger partial charge in [0, 0.05) is 33.1 Å². The predicted molar refractivity (Wildman–Crippen MR) is 71.3 cm³/mol. The van der Waals surface area contributed by atoms with Gasteiger partial charge in [-0.05, 0) is 19.8 Å². The number of hydrogen-bond acceptors (Lipinski definition) is 4. The van der Waals surface area contributed by atoms with E-state index in [1.165, 1.54) is 0 Å². The molecule has 1 aliphatic rings. The minimum absolute atomic E-state index is 0.220. The zero-order chi connectivity index (χ0) is 13.1. The number of nitrogen functional groups attached to an aromatic ring is 1. The summed E-state index contributed by atoms with van der Waals surface area (Å²) in [6.07, 6.45) is 2.77. The zero-order valence-electron chi connectivity index (χ0n) is 11.1. The maximum Gasteiger partial charge on any atom is 0.224 e. The molecule has 18 heavy (non-hydrogen) atoms. The van der Waals surface area contributed by atoms with Crippen molar-refractivity contribution in [1.29, 1.82) is 0 Å². The van der Waals surface area contributed by atoms with E-state index in [0.29, 0.717) is 18.7 Å². The number of aryl methyl sites for hydroxylation is 2. The molecule has 0 unspecified atom stereocenters. The molecule has 1 aliphatic heterocycles. The van der Waals surface area contributed by atoms with Gasteiger partial charge in [0.25, 0.3) is 0 Å². The molecule has 1 saturated heterocycles. The molecular weight excluding hydrogens is 230 g/mol. The van der Waals surface area contributed by atoms with Gasteiger partial charge in [-0.25, -0.2) is 0 Å². The molecule has 0 aliphatic carbocycles. The van der Waals surface area contributed by atoms with E-state index in [4.69, 9.17) is 5.73 Å². The van der Waals surface area contributed by atoms with Gasteiger partial charge in [-0.1, -0.05) is 0 Å². The second-order valence-electron chi connectivity index (χ2n) is 4.74. The van der Waals surface area contributed by atoms with Gasteiger partial charge in [0.2, 0.25) is 5.91 Å². The number of nitrogens with one attached hydrogen (secondary N) is 1. The lowest BCUT2D eigenvalue weighted by atomic mass is 10.3.